The molecule has 0 amide bonds. The molecule has 2 unspecified atom stereocenters. The van der Waals surface area contributed by atoms with Crippen LogP contribution in [-0.2, 0) is 10.0 Å². The maximum atomic E-state index is 13.6. The van der Waals surface area contributed by atoms with E-state index in [9.17, 15) is 12.8 Å². The highest BCUT2D eigenvalue weighted by Gasteiger charge is 2.37. The summed E-state index contributed by atoms with van der Waals surface area (Å²) < 4.78 is 39.8. The van der Waals surface area contributed by atoms with Crippen LogP contribution in [0.4, 0.5) is 4.39 Å². The summed E-state index contributed by atoms with van der Waals surface area (Å²) in [5.74, 6) is -0.398. The molecule has 1 aromatic rings. The van der Waals surface area contributed by atoms with Crippen molar-refractivity contribution < 1.29 is 12.8 Å². The van der Waals surface area contributed by atoms with Crippen molar-refractivity contribution in [3.05, 3.63) is 24.1 Å². The van der Waals surface area contributed by atoms with Gasteiger partial charge < -0.3 is 5.73 Å². The molecular formula is C12H18FN3O2S. The molecule has 1 aliphatic rings. The van der Waals surface area contributed by atoms with Crippen molar-refractivity contribution >= 4 is 10.0 Å². The quantitative estimate of drug-likeness (QED) is 0.898. The van der Waals surface area contributed by atoms with Crippen molar-refractivity contribution in [3.63, 3.8) is 0 Å². The second-order valence-electron chi connectivity index (χ2n) is 4.93. The van der Waals surface area contributed by atoms with Crippen LogP contribution in [0.15, 0.2) is 23.4 Å². The monoisotopic (exact) mass is 287 g/mol. The molecule has 1 saturated heterocycles. The number of hydrogen-bond donors (Lipinski definition) is 1. The van der Waals surface area contributed by atoms with E-state index in [4.69, 9.17) is 5.73 Å². The number of pyridine rings is 1. The first kappa shape index (κ1) is 14.4. The van der Waals surface area contributed by atoms with Crippen LogP contribution >= 0.6 is 0 Å². The Morgan fingerprint density at radius 1 is 1.58 bits per heavy atom. The average molecular weight is 287 g/mol. The van der Waals surface area contributed by atoms with Gasteiger partial charge in [0.2, 0.25) is 5.03 Å². The number of halogens is 1. The second-order valence-corrected chi connectivity index (χ2v) is 6.73. The van der Waals surface area contributed by atoms with Crippen LogP contribution in [0.5, 0.6) is 0 Å². The Hall–Kier alpha value is -1.05. The maximum Gasteiger partial charge on any atom is 0.263 e. The van der Waals surface area contributed by atoms with Crippen LogP contribution in [0.25, 0.3) is 0 Å². The van der Waals surface area contributed by atoms with Gasteiger partial charge >= 0.3 is 0 Å². The van der Waals surface area contributed by atoms with Gasteiger partial charge in [-0.15, -0.1) is 0 Å². The lowest BCUT2D eigenvalue weighted by Crippen LogP contribution is -2.49. The average Bonchev–Trinajstić information content (AvgIpc) is 2.38. The number of nitrogens with two attached hydrogens (primary N) is 1. The maximum absolute atomic E-state index is 13.6. The highest BCUT2D eigenvalue weighted by Crippen LogP contribution is 2.27. The summed E-state index contributed by atoms with van der Waals surface area (Å²) in [6.45, 7) is 2.66. The minimum Gasteiger partial charge on any atom is -0.329 e. The summed E-state index contributed by atoms with van der Waals surface area (Å²) in [5.41, 5.74) is 5.65. The molecule has 5 nitrogen and oxygen atoms in total. The summed E-state index contributed by atoms with van der Waals surface area (Å²) in [4.78, 5) is 3.67. The molecule has 7 heteroatoms. The largest absolute Gasteiger partial charge is 0.329 e. The summed E-state index contributed by atoms with van der Waals surface area (Å²) in [6, 6.07) is 2.19. The molecular weight excluding hydrogens is 269 g/mol. The van der Waals surface area contributed by atoms with Crippen molar-refractivity contribution in [2.24, 2.45) is 11.7 Å². The van der Waals surface area contributed by atoms with E-state index in [1.54, 1.807) is 0 Å². The van der Waals surface area contributed by atoms with Crippen molar-refractivity contribution in [2.45, 2.75) is 30.8 Å². The first-order valence-corrected chi connectivity index (χ1v) is 7.73. The number of nitrogens with zero attached hydrogens (tertiary/aromatic N) is 2. The van der Waals surface area contributed by atoms with Crippen LogP contribution in [0.1, 0.15) is 19.8 Å². The normalized spacial score (nSPS) is 25.4. The predicted molar refractivity (Wildman–Crippen MR) is 69.3 cm³/mol. The first-order valence-electron chi connectivity index (χ1n) is 6.29. The van der Waals surface area contributed by atoms with E-state index in [1.165, 1.54) is 16.6 Å². The lowest BCUT2D eigenvalue weighted by molar-refractivity contribution is 0.210. The number of rotatable bonds is 3. The first-order chi connectivity index (χ1) is 8.96. The van der Waals surface area contributed by atoms with E-state index in [0.717, 1.165) is 12.5 Å². The molecule has 0 aromatic carbocycles. The van der Waals surface area contributed by atoms with Gasteiger partial charge in [0.05, 0.1) is 0 Å². The highest BCUT2D eigenvalue weighted by molar-refractivity contribution is 7.89. The van der Waals surface area contributed by atoms with Gasteiger partial charge in [0.15, 0.2) is 5.82 Å². The van der Waals surface area contributed by atoms with Gasteiger partial charge in [0, 0.05) is 25.3 Å². The standard InChI is InChI=1S/C12H18FN3O2S/c1-9-4-6-16(10(7-9)8-14)19(17,18)12-11(13)3-2-5-15-12/h2-3,5,9-10H,4,6-8,14H2,1H3. The SMILES string of the molecule is CC1CCN(S(=O)(=O)c2ncccc2F)C(CN)C1. The molecule has 2 atom stereocenters. The third-order valence-corrected chi connectivity index (χ3v) is 5.36. The van der Waals surface area contributed by atoms with E-state index in [2.05, 4.69) is 11.9 Å². The highest BCUT2D eigenvalue weighted by atomic mass is 32.2. The zero-order chi connectivity index (χ0) is 14.0. The fourth-order valence-corrected chi connectivity index (χ4v) is 4.07. The lowest BCUT2D eigenvalue weighted by Gasteiger charge is -2.36. The van der Waals surface area contributed by atoms with E-state index >= 15 is 0 Å². The summed E-state index contributed by atoms with van der Waals surface area (Å²) in [5, 5.41) is -0.511. The van der Waals surface area contributed by atoms with E-state index in [-0.39, 0.29) is 12.6 Å². The van der Waals surface area contributed by atoms with E-state index < -0.39 is 20.9 Å². The van der Waals surface area contributed by atoms with Crippen LogP contribution < -0.4 is 5.73 Å². The zero-order valence-corrected chi connectivity index (χ0v) is 11.6. The topological polar surface area (TPSA) is 76.3 Å². The minimum atomic E-state index is -3.91. The Labute approximate surface area is 112 Å². The van der Waals surface area contributed by atoms with Crippen LogP contribution in [0.3, 0.4) is 0 Å². The molecule has 1 aliphatic heterocycles. The van der Waals surface area contributed by atoms with Crippen LogP contribution in [0, 0.1) is 11.7 Å². The molecule has 106 valence electrons. The van der Waals surface area contributed by atoms with Gasteiger partial charge in [-0.3, -0.25) is 0 Å². The van der Waals surface area contributed by atoms with Crippen molar-refractivity contribution in [3.8, 4) is 0 Å². The Morgan fingerprint density at radius 2 is 2.32 bits per heavy atom. The molecule has 0 radical (unpaired) electrons. The molecule has 2 N–H and O–H groups in total. The summed E-state index contributed by atoms with van der Waals surface area (Å²) in [7, 11) is -3.91. The Balaban J connectivity index is 2.36. The minimum absolute atomic E-state index is 0.234. The van der Waals surface area contributed by atoms with Crippen molar-refractivity contribution in [1.29, 1.82) is 0 Å². The van der Waals surface area contributed by atoms with Gasteiger partial charge in [-0.1, -0.05) is 6.92 Å². The van der Waals surface area contributed by atoms with Gasteiger partial charge in [0.25, 0.3) is 10.0 Å². The van der Waals surface area contributed by atoms with E-state index in [0.29, 0.717) is 18.9 Å². The number of sulfonamides is 1. The fraction of sp³-hybridized carbons (Fsp3) is 0.583. The Kier molecular flexibility index (Phi) is 4.17. The number of hydrogen-bond acceptors (Lipinski definition) is 4. The van der Waals surface area contributed by atoms with Crippen molar-refractivity contribution in [1.82, 2.24) is 9.29 Å². The Bertz CT molecular complexity index is 550. The van der Waals surface area contributed by atoms with Gasteiger partial charge in [-0.2, -0.15) is 4.31 Å². The van der Waals surface area contributed by atoms with Crippen LogP contribution in [0.2, 0.25) is 0 Å². The summed E-state index contributed by atoms with van der Waals surface area (Å²) in [6.07, 6.45) is 2.73. The molecule has 0 saturated carbocycles. The summed E-state index contributed by atoms with van der Waals surface area (Å²) >= 11 is 0. The van der Waals surface area contributed by atoms with E-state index in [1.807, 2.05) is 0 Å². The van der Waals surface area contributed by atoms with Gasteiger partial charge in [-0.25, -0.2) is 17.8 Å². The molecule has 1 fully saturated rings. The molecule has 2 heterocycles. The van der Waals surface area contributed by atoms with Crippen LogP contribution in [-0.4, -0.2) is 36.8 Å². The molecule has 1 aromatic heterocycles. The van der Waals surface area contributed by atoms with Gasteiger partial charge in [-0.05, 0) is 30.9 Å². The number of aromatic nitrogens is 1. The van der Waals surface area contributed by atoms with Gasteiger partial charge in [0.1, 0.15) is 0 Å². The second kappa shape index (κ2) is 5.52. The zero-order valence-electron chi connectivity index (χ0n) is 10.8. The fourth-order valence-electron chi connectivity index (χ4n) is 2.43. The third kappa shape index (κ3) is 2.77. The Morgan fingerprint density at radius 3 is 2.95 bits per heavy atom. The third-order valence-electron chi connectivity index (χ3n) is 3.47. The predicted octanol–water partition coefficient (Wildman–Crippen LogP) is 0.969. The molecule has 0 aliphatic carbocycles. The molecule has 2 rings (SSSR count). The van der Waals surface area contributed by atoms with Crippen molar-refractivity contribution in [2.75, 3.05) is 13.1 Å². The molecule has 0 spiro atoms. The number of piperidine rings is 1. The smallest absolute Gasteiger partial charge is 0.263 e. The molecule has 19 heavy (non-hydrogen) atoms. The lowest BCUT2D eigenvalue weighted by atomic mass is 9.94. The molecule has 0 bridgehead atoms.